The zero-order valence-electron chi connectivity index (χ0n) is 41.2. The molecule has 1 spiro atoms. The van der Waals surface area contributed by atoms with E-state index in [0.29, 0.717) is 0 Å². The number of aryl methyl sites for hydroxylation is 4. The predicted molar refractivity (Wildman–Crippen MR) is 301 cm³/mol. The van der Waals surface area contributed by atoms with Gasteiger partial charge in [0, 0.05) is 16.9 Å². The summed E-state index contributed by atoms with van der Waals surface area (Å²) in [5.74, 6) is 0. The highest BCUT2D eigenvalue weighted by atomic mass is 15.1. The van der Waals surface area contributed by atoms with Crippen molar-refractivity contribution in [2.24, 2.45) is 0 Å². The third-order valence-corrected chi connectivity index (χ3v) is 13.6. The van der Waals surface area contributed by atoms with Gasteiger partial charge in [0.25, 0.3) is 0 Å². The highest BCUT2D eigenvalue weighted by Gasteiger charge is 2.49. The molecule has 9 aromatic carbocycles. The van der Waals surface area contributed by atoms with Crippen LogP contribution in [0.1, 0.15) is 62.6 Å². The minimum atomic E-state index is -0.380. The van der Waals surface area contributed by atoms with Crippen molar-refractivity contribution in [1.82, 2.24) is 0 Å². The first kappa shape index (κ1) is 46.8. The normalized spacial score (nSPS) is 14.2. The van der Waals surface area contributed by atoms with E-state index in [1.54, 1.807) is 0 Å². The lowest BCUT2D eigenvalue weighted by Gasteiger charge is -2.35. The van der Waals surface area contributed by atoms with Crippen molar-refractivity contribution in [2.75, 3.05) is 4.90 Å². The van der Waals surface area contributed by atoms with Crippen molar-refractivity contribution in [3.63, 3.8) is 0 Å². The van der Waals surface area contributed by atoms with Gasteiger partial charge >= 0.3 is 0 Å². The molecule has 70 heavy (non-hydrogen) atoms. The summed E-state index contributed by atoms with van der Waals surface area (Å²) in [5.41, 5.74) is 24.6. The second-order valence-electron chi connectivity index (χ2n) is 18.5. The average Bonchev–Trinajstić information content (AvgIpc) is 3.61. The summed E-state index contributed by atoms with van der Waals surface area (Å²) in [6.07, 6.45) is 9.12. The van der Waals surface area contributed by atoms with Gasteiger partial charge in [-0.25, -0.2) is 0 Å². The number of para-hydroxylation sites is 1. The van der Waals surface area contributed by atoms with Crippen molar-refractivity contribution in [2.45, 2.75) is 46.5 Å². The molecule has 0 heterocycles. The van der Waals surface area contributed by atoms with Gasteiger partial charge in [-0.1, -0.05) is 242 Å². The van der Waals surface area contributed by atoms with Gasteiger partial charge in [0.15, 0.2) is 0 Å². The Hall–Kier alpha value is -8.26. The molecule has 2 aliphatic rings. The maximum atomic E-state index is 4.70. The van der Waals surface area contributed by atoms with Gasteiger partial charge in [-0.3, -0.25) is 0 Å². The molecule has 342 valence electrons. The van der Waals surface area contributed by atoms with Crippen LogP contribution in [-0.4, -0.2) is 0 Å². The van der Waals surface area contributed by atoms with E-state index in [1.807, 2.05) is 25.1 Å². The number of anilines is 2. The highest BCUT2D eigenvalue weighted by Crippen LogP contribution is 2.60. The van der Waals surface area contributed by atoms with Crippen LogP contribution in [0.15, 0.2) is 262 Å². The number of allylic oxidation sites excluding steroid dienone is 4. The lowest BCUT2D eigenvalue weighted by molar-refractivity contribution is 0.630. The van der Waals surface area contributed by atoms with E-state index in [2.05, 4.69) is 264 Å². The van der Waals surface area contributed by atoms with Gasteiger partial charge in [-0.2, -0.15) is 0 Å². The molecule has 0 N–H and O–H groups in total. The monoisotopic (exact) mass is 903 g/mol. The highest BCUT2D eigenvalue weighted by molar-refractivity contribution is 5.97. The van der Waals surface area contributed by atoms with Crippen LogP contribution in [0.3, 0.4) is 0 Å². The second-order valence-corrected chi connectivity index (χ2v) is 18.5. The fourth-order valence-corrected chi connectivity index (χ4v) is 10.3. The van der Waals surface area contributed by atoms with E-state index in [1.165, 1.54) is 89.0 Å². The van der Waals surface area contributed by atoms with E-state index in [-0.39, 0.29) is 5.41 Å². The molecule has 0 saturated heterocycles. The van der Waals surface area contributed by atoms with E-state index >= 15 is 0 Å². The third kappa shape index (κ3) is 9.44. The van der Waals surface area contributed by atoms with E-state index in [4.69, 9.17) is 6.58 Å². The summed E-state index contributed by atoms with van der Waals surface area (Å²) in [6, 6.07) is 78.3. The fraction of sp³-hybridized carbons (Fsp3) is 0.101. The maximum absolute atomic E-state index is 4.70. The fourth-order valence-electron chi connectivity index (χ4n) is 10.3. The molecule has 1 atom stereocenters. The van der Waals surface area contributed by atoms with Gasteiger partial charge in [0.05, 0.1) is 11.1 Å². The van der Waals surface area contributed by atoms with Crippen molar-refractivity contribution in [3.05, 3.63) is 317 Å². The maximum Gasteiger partial charge on any atom is 0.0546 e. The van der Waals surface area contributed by atoms with Crippen LogP contribution in [0.5, 0.6) is 0 Å². The molecule has 11 rings (SSSR count). The average molecular weight is 904 g/mol. The van der Waals surface area contributed by atoms with Gasteiger partial charge in [0.2, 0.25) is 0 Å². The molecule has 1 heteroatoms. The largest absolute Gasteiger partial charge is 0.310 e. The Morgan fingerprint density at radius 2 is 1.03 bits per heavy atom. The first-order valence-electron chi connectivity index (χ1n) is 24.4. The number of nitrogens with zero attached hydrogens (tertiary/aromatic N) is 1. The van der Waals surface area contributed by atoms with Crippen LogP contribution >= 0.6 is 0 Å². The van der Waals surface area contributed by atoms with Crippen molar-refractivity contribution in [1.29, 1.82) is 0 Å². The molecule has 0 radical (unpaired) electrons. The summed E-state index contributed by atoms with van der Waals surface area (Å²) in [5, 5.41) is 0. The topological polar surface area (TPSA) is 3.24 Å². The third-order valence-electron chi connectivity index (χ3n) is 13.6. The zero-order chi connectivity index (χ0) is 48.6. The number of fused-ring (bicyclic) bond motifs is 8. The Kier molecular flexibility index (Phi) is 14.0. The summed E-state index contributed by atoms with van der Waals surface area (Å²) in [6.45, 7) is 19.6. The molecule has 0 saturated carbocycles. The van der Waals surface area contributed by atoms with E-state index < -0.39 is 0 Å². The Morgan fingerprint density at radius 3 is 1.70 bits per heavy atom. The Labute approximate surface area is 416 Å². The smallest absolute Gasteiger partial charge is 0.0546 e. The SMILES string of the molecule is C=C/C(=C\C=C/C)N(c1ccccc1)c1cc(C)cc2c1-c1ccccc1C21Cc2ccccc2C(=C)c2cc(C)ccc21.Cc1ccc(-c2ccccc2)cc1.Cc1cccc(-c2ccccc2)c1. The van der Waals surface area contributed by atoms with Crippen LogP contribution < -0.4 is 4.90 Å². The van der Waals surface area contributed by atoms with Crippen LogP contribution in [0.2, 0.25) is 0 Å². The number of benzene rings is 9. The van der Waals surface area contributed by atoms with Crippen LogP contribution in [0, 0.1) is 27.7 Å². The van der Waals surface area contributed by atoms with Crippen LogP contribution in [0.25, 0.3) is 39.0 Å². The Morgan fingerprint density at radius 1 is 0.471 bits per heavy atom. The Balaban J connectivity index is 0.000000188. The lowest BCUT2D eigenvalue weighted by atomic mass is 9.68. The quantitative estimate of drug-likeness (QED) is 0.144. The lowest BCUT2D eigenvalue weighted by Crippen LogP contribution is -2.30. The van der Waals surface area contributed by atoms with Crippen molar-refractivity contribution < 1.29 is 0 Å². The van der Waals surface area contributed by atoms with E-state index in [9.17, 15) is 0 Å². The Bertz CT molecular complexity index is 3350. The summed E-state index contributed by atoms with van der Waals surface area (Å²) < 4.78 is 0. The van der Waals surface area contributed by atoms with E-state index in [0.717, 1.165) is 29.1 Å². The van der Waals surface area contributed by atoms with Crippen molar-refractivity contribution >= 4 is 16.9 Å². The second kappa shape index (κ2) is 20.9. The van der Waals surface area contributed by atoms with Gasteiger partial charge in [0.1, 0.15) is 0 Å². The number of hydrogen-bond donors (Lipinski definition) is 0. The molecular formula is C69H61N. The standard InChI is InChI=1S/C43H37N.2C13H12/c1-6-8-17-33(7-2)44(34-18-10-9-11-19-34)41-27-30(4)26-40-42(41)36-21-14-15-22-38(36)43(40)28-32-16-12-13-20-35(32)31(5)37-25-29(3)23-24-39(37)43;1-11-6-5-9-13(10-11)12-7-3-2-4-8-12;1-11-7-9-13(10-8-11)12-5-3-2-4-6-12/h6-27H,2,5,28H2,1,3-4H3;2*2-10H,1H3/b8-6-,33-17+;;. The zero-order valence-corrected chi connectivity index (χ0v) is 41.2. The van der Waals surface area contributed by atoms with Gasteiger partial charge < -0.3 is 4.90 Å². The molecule has 0 bridgehead atoms. The molecule has 0 fully saturated rings. The minimum absolute atomic E-state index is 0.380. The first-order chi connectivity index (χ1) is 34.2. The first-order valence-corrected chi connectivity index (χ1v) is 24.4. The predicted octanol–water partition coefficient (Wildman–Crippen LogP) is 18.3. The molecule has 0 aromatic heterocycles. The van der Waals surface area contributed by atoms with Crippen LogP contribution in [-0.2, 0) is 11.8 Å². The minimum Gasteiger partial charge on any atom is -0.310 e. The van der Waals surface area contributed by atoms with Crippen molar-refractivity contribution in [3.8, 4) is 33.4 Å². The molecule has 0 aliphatic heterocycles. The molecule has 2 aliphatic carbocycles. The molecule has 0 amide bonds. The number of hydrogen-bond acceptors (Lipinski definition) is 1. The summed E-state index contributed by atoms with van der Waals surface area (Å²) in [7, 11) is 0. The summed E-state index contributed by atoms with van der Waals surface area (Å²) in [4.78, 5) is 2.37. The summed E-state index contributed by atoms with van der Waals surface area (Å²) >= 11 is 0. The number of rotatable bonds is 7. The van der Waals surface area contributed by atoms with Gasteiger partial charge in [-0.05, 0) is 144 Å². The molecule has 9 aromatic rings. The van der Waals surface area contributed by atoms with Gasteiger partial charge in [-0.15, -0.1) is 0 Å². The molecule has 1 nitrogen and oxygen atoms in total. The molecular weight excluding hydrogens is 843 g/mol. The van der Waals surface area contributed by atoms with Crippen LogP contribution in [0.4, 0.5) is 11.4 Å². The molecule has 1 unspecified atom stereocenters.